The Bertz CT molecular complexity index is 797. The van der Waals surface area contributed by atoms with E-state index >= 15 is 0 Å². The van der Waals surface area contributed by atoms with Crippen LogP contribution < -0.4 is 5.32 Å². The predicted molar refractivity (Wildman–Crippen MR) is 91.3 cm³/mol. The summed E-state index contributed by atoms with van der Waals surface area (Å²) >= 11 is 3.15. The number of aliphatic carboxylic acids is 1. The first kappa shape index (κ1) is 16.6. The average Bonchev–Trinajstić information content (AvgIpc) is 2.89. The van der Waals surface area contributed by atoms with Crippen molar-refractivity contribution < 1.29 is 19.1 Å². The van der Waals surface area contributed by atoms with E-state index in [0.717, 1.165) is 11.1 Å². The van der Waals surface area contributed by atoms with E-state index in [4.69, 9.17) is 0 Å². The van der Waals surface area contributed by atoms with Gasteiger partial charge >= 0.3 is 5.97 Å². The van der Waals surface area contributed by atoms with Crippen molar-refractivity contribution in [1.82, 2.24) is 0 Å². The molecule has 0 saturated heterocycles. The number of carboxylic acid groups (broad SMARTS) is 1. The lowest BCUT2D eigenvalue weighted by atomic mass is 9.81. The average molecular weight is 392 g/mol. The molecule has 24 heavy (non-hydrogen) atoms. The molecule has 6 heteroatoms. The minimum absolute atomic E-state index is 0.0410. The molecule has 4 nitrogen and oxygen atoms in total. The van der Waals surface area contributed by atoms with Gasteiger partial charge in [0.2, 0.25) is 5.91 Å². The molecular formula is C18H15BrFNO3. The summed E-state index contributed by atoms with van der Waals surface area (Å²) in [4.78, 5) is 24.1. The number of carbonyl (C=O) groups excluding carboxylic acids is 1. The van der Waals surface area contributed by atoms with Crippen molar-refractivity contribution in [3.63, 3.8) is 0 Å². The van der Waals surface area contributed by atoms with Crippen molar-refractivity contribution in [3.05, 3.63) is 63.9 Å². The third-order valence-corrected chi connectivity index (χ3v) is 4.83. The Balaban J connectivity index is 1.78. The lowest BCUT2D eigenvalue weighted by Gasteiger charge is -2.23. The van der Waals surface area contributed by atoms with Gasteiger partial charge in [-0.1, -0.05) is 40.2 Å². The lowest BCUT2D eigenvalue weighted by Crippen LogP contribution is -2.36. The fourth-order valence-corrected chi connectivity index (χ4v) is 3.47. The summed E-state index contributed by atoms with van der Waals surface area (Å²) in [7, 11) is 0. The zero-order valence-electron chi connectivity index (χ0n) is 12.7. The van der Waals surface area contributed by atoms with Crippen LogP contribution >= 0.6 is 15.9 Å². The van der Waals surface area contributed by atoms with Gasteiger partial charge in [-0.15, -0.1) is 0 Å². The minimum atomic E-state index is -1.18. The molecule has 1 aliphatic rings. The van der Waals surface area contributed by atoms with Crippen LogP contribution in [0.15, 0.2) is 46.9 Å². The van der Waals surface area contributed by atoms with E-state index in [1.807, 2.05) is 24.3 Å². The molecule has 0 spiro atoms. The maximum absolute atomic E-state index is 13.8. The van der Waals surface area contributed by atoms with Gasteiger partial charge in [-0.3, -0.25) is 9.59 Å². The van der Waals surface area contributed by atoms with Crippen LogP contribution in [0.5, 0.6) is 0 Å². The summed E-state index contributed by atoms with van der Waals surface area (Å²) < 4.78 is 14.4. The molecule has 0 radical (unpaired) electrons. The van der Waals surface area contributed by atoms with Gasteiger partial charge in [0.25, 0.3) is 0 Å². The van der Waals surface area contributed by atoms with Crippen LogP contribution in [0, 0.1) is 11.2 Å². The molecule has 124 valence electrons. The summed E-state index contributed by atoms with van der Waals surface area (Å²) in [5.74, 6) is -2.09. The topological polar surface area (TPSA) is 66.4 Å². The van der Waals surface area contributed by atoms with Crippen LogP contribution in [-0.4, -0.2) is 17.0 Å². The minimum Gasteiger partial charge on any atom is -0.481 e. The van der Waals surface area contributed by atoms with Crippen molar-refractivity contribution in [2.24, 2.45) is 5.41 Å². The molecule has 0 bridgehead atoms. The van der Waals surface area contributed by atoms with Crippen LogP contribution in [0.2, 0.25) is 0 Å². The van der Waals surface area contributed by atoms with Crippen LogP contribution in [0.25, 0.3) is 0 Å². The van der Waals surface area contributed by atoms with E-state index in [1.165, 1.54) is 12.1 Å². The monoisotopic (exact) mass is 391 g/mol. The summed E-state index contributed by atoms with van der Waals surface area (Å²) in [6.45, 7) is 0. The molecule has 0 aliphatic heterocycles. The summed E-state index contributed by atoms with van der Waals surface area (Å²) in [6, 6.07) is 11.8. The largest absolute Gasteiger partial charge is 0.481 e. The van der Waals surface area contributed by atoms with Gasteiger partial charge in [0.1, 0.15) is 5.82 Å². The lowest BCUT2D eigenvalue weighted by molar-refractivity contribution is -0.150. The fraction of sp³-hybridized carbons (Fsp3) is 0.222. The number of halogens is 2. The van der Waals surface area contributed by atoms with E-state index < -0.39 is 23.1 Å². The van der Waals surface area contributed by atoms with Crippen LogP contribution in [0.3, 0.4) is 0 Å². The van der Waals surface area contributed by atoms with Crippen LogP contribution in [0.4, 0.5) is 10.1 Å². The zero-order valence-corrected chi connectivity index (χ0v) is 14.3. The number of carbonyl (C=O) groups is 2. The van der Waals surface area contributed by atoms with Crippen molar-refractivity contribution in [1.29, 1.82) is 0 Å². The van der Waals surface area contributed by atoms with Crippen molar-refractivity contribution >= 4 is 33.5 Å². The summed E-state index contributed by atoms with van der Waals surface area (Å²) in [6.07, 6.45) is 0.399. The Kier molecular flexibility index (Phi) is 4.41. The molecule has 2 N–H and O–H groups in total. The van der Waals surface area contributed by atoms with Gasteiger partial charge in [0, 0.05) is 10.9 Å². The highest BCUT2D eigenvalue weighted by Gasteiger charge is 2.45. The first-order valence-electron chi connectivity index (χ1n) is 7.45. The number of fused-ring (bicyclic) bond motifs is 1. The van der Waals surface area contributed by atoms with E-state index in [0.29, 0.717) is 17.3 Å². The van der Waals surface area contributed by atoms with Gasteiger partial charge in [0.15, 0.2) is 0 Å². The second-order valence-corrected chi connectivity index (χ2v) is 6.97. The summed E-state index contributed by atoms with van der Waals surface area (Å²) in [5.41, 5.74) is 0.754. The molecule has 1 aliphatic carbocycles. The third kappa shape index (κ3) is 3.19. The van der Waals surface area contributed by atoms with Crippen LogP contribution in [-0.2, 0) is 22.4 Å². The van der Waals surface area contributed by atoms with Gasteiger partial charge in [0.05, 0.1) is 11.1 Å². The number of rotatable bonds is 4. The Morgan fingerprint density at radius 1 is 1.17 bits per heavy atom. The third-order valence-electron chi connectivity index (χ3n) is 4.33. The zero-order chi connectivity index (χ0) is 17.3. The van der Waals surface area contributed by atoms with Gasteiger partial charge in [-0.2, -0.15) is 0 Å². The Morgan fingerprint density at radius 3 is 2.33 bits per heavy atom. The molecule has 0 heterocycles. The molecule has 2 aromatic carbocycles. The molecule has 0 aromatic heterocycles. The number of hydrogen-bond acceptors (Lipinski definition) is 2. The Morgan fingerprint density at radius 2 is 1.79 bits per heavy atom. The van der Waals surface area contributed by atoms with Gasteiger partial charge < -0.3 is 10.4 Å². The number of nitrogens with one attached hydrogen (secondary N) is 1. The van der Waals surface area contributed by atoms with Gasteiger partial charge in [-0.25, -0.2) is 4.39 Å². The predicted octanol–water partition coefficient (Wildman–Crippen LogP) is 3.79. The number of amides is 1. The second kappa shape index (κ2) is 6.36. The normalized spacial score (nSPS) is 14.9. The molecule has 1 amide bonds. The highest BCUT2D eigenvalue weighted by Crippen LogP contribution is 2.40. The number of anilines is 1. The summed E-state index contributed by atoms with van der Waals surface area (Å²) in [5, 5.41) is 12.2. The maximum atomic E-state index is 13.8. The van der Waals surface area contributed by atoms with Crippen molar-refractivity contribution in [2.75, 3.05) is 5.32 Å². The standard InChI is InChI=1S/C18H15BrFNO3/c19-13-5-6-15(14(20)7-13)21-16(22)10-18(17(23)24)8-11-3-1-2-4-12(11)9-18/h1-7H,8-10H2,(H,21,22)(H,23,24). The molecule has 0 fully saturated rings. The highest BCUT2D eigenvalue weighted by atomic mass is 79.9. The smallest absolute Gasteiger partial charge is 0.310 e. The number of hydrogen-bond donors (Lipinski definition) is 2. The van der Waals surface area contributed by atoms with Crippen molar-refractivity contribution in [3.8, 4) is 0 Å². The van der Waals surface area contributed by atoms with E-state index in [1.54, 1.807) is 6.07 Å². The Labute approximate surface area is 146 Å². The number of benzene rings is 2. The molecule has 3 rings (SSSR count). The molecule has 0 unspecified atom stereocenters. The molecule has 0 atom stereocenters. The van der Waals surface area contributed by atoms with E-state index in [-0.39, 0.29) is 12.1 Å². The quantitative estimate of drug-likeness (QED) is 0.832. The SMILES string of the molecule is O=C(CC1(C(=O)O)Cc2ccccc2C1)Nc1ccc(Br)cc1F. The van der Waals surface area contributed by atoms with Gasteiger partial charge in [-0.05, 0) is 42.2 Å². The highest BCUT2D eigenvalue weighted by molar-refractivity contribution is 9.10. The van der Waals surface area contributed by atoms with E-state index in [2.05, 4.69) is 21.2 Å². The molecular weight excluding hydrogens is 377 g/mol. The fourth-order valence-electron chi connectivity index (χ4n) is 3.14. The second-order valence-electron chi connectivity index (χ2n) is 6.06. The molecule has 2 aromatic rings. The Hall–Kier alpha value is -2.21. The van der Waals surface area contributed by atoms with Crippen molar-refractivity contribution in [2.45, 2.75) is 19.3 Å². The van der Waals surface area contributed by atoms with E-state index in [9.17, 15) is 19.1 Å². The first-order valence-corrected chi connectivity index (χ1v) is 8.24. The number of carboxylic acids is 1. The van der Waals surface area contributed by atoms with Crippen LogP contribution in [0.1, 0.15) is 17.5 Å². The molecule has 0 saturated carbocycles. The first-order chi connectivity index (χ1) is 11.4. The maximum Gasteiger partial charge on any atom is 0.310 e.